The molecule has 3 heterocycles. The van der Waals surface area contributed by atoms with E-state index in [0.29, 0.717) is 31.0 Å². The Bertz CT molecular complexity index is 1130. The van der Waals surface area contributed by atoms with Crippen molar-refractivity contribution in [3.8, 4) is 0 Å². The lowest BCUT2D eigenvalue weighted by Crippen LogP contribution is -2.35. The van der Waals surface area contributed by atoms with E-state index < -0.39 is 10.0 Å². The van der Waals surface area contributed by atoms with Crippen molar-refractivity contribution < 1.29 is 17.9 Å². The van der Waals surface area contributed by atoms with Gasteiger partial charge in [0, 0.05) is 24.5 Å². The van der Waals surface area contributed by atoms with Crippen LogP contribution in [-0.4, -0.2) is 41.3 Å². The highest BCUT2D eigenvalue weighted by Gasteiger charge is 2.26. The van der Waals surface area contributed by atoms with E-state index in [9.17, 15) is 13.2 Å². The lowest BCUT2D eigenvalue weighted by atomic mass is 10.2. The smallest absolute Gasteiger partial charge is 0.311 e. The fourth-order valence-electron chi connectivity index (χ4n) is 3.79. The number of carbonyl (C=O) groups is 1. The van der Waals surface area contributed by atoms with Crippen LogP contribution < -0.4 is 0 Å². The van der Waals surface area contributed by atoms with Gasteiger partial charge in [-0.15, -0.1) is 11.3 Å². The predicted molar refractivity (Wildman–Crippen MR) is 116 cm³/mol. The van der Waals surface area contributed by atoms with Crippen LogP contribution in [-0.2, 0) is 39.1 Å². The third-order valence-electron chi connectivity index (χ3n) is 5.33. The van der Waals surface area contributed by atoms with Crippen molar-refractivity contribution in [3.63, 3.8) is 0 Å². The van der Waals surface area contributed by atoms with Crippen LogP contribution in [0.15, 0.2) is 40.6 Å². The number of thiophene rings is 1. The zero-order chi connectivity index (χ0) is 21.1. The molecule has 0 spiro atoms. The Morgan fingerprint density at radius 1 is 1.20 bits per heavy atom. The number of aromatic nitrogens is 2. The average molecular weight is 448 g/mol. The fraction of sp³-hybridized carbons (Fsp3) is 0.429. The van der Waals surface area contributed by atoms with E-state index in [-0.39, 0.29) is 23.9 Å². The van der Waals surface area contributed by atoms with Gasteiger partial charge in [-0.2, -0.15) is 4.31 Å². The Balaban J connectivity index is 1.55. The number of esters is 1. The summed E-state index contributed by atoms with van der Waals surface area (Å²) < 4.78 is 34.9. The Morgan fingerprint density at radius 3 is 2.70 bits per heavy atom. The van der Waals surface area contributed by atoms with Crippen molar-refractivity contribution in [3.05, 3.63) is 46.4 Å². The van der Waals surface area contributed by atoms with Gasteiger partial charge in [0.05, 0.1) is 22.3 Å². The van der Waals surface area contributed by atoms with Gasteiger partial charge in [0.15, 0.2) is 0 Å². The molecule has 0 atom stereocenters. The largest absolute Gasteiger partial charge is 0.457 e. The zero-order valence-electron chi connectivity index (χ0n) is 16.9. The number of ether oxygens (including phenoxy) is 1. The van der Waals surface area contributed by atoms with Crippen LogP contribution in [0.1, 0.15) is 36.9 Å². The number of hydrogen-bond acceptors (Lipinski definition) is 6. The third-order valence-corrected chi connectivity index (χ3v) is 8.10. The average Bonchev–Trinajstić information content (AvgIpc) is 3.39. The van der Waals surface area contributed by atoms with E-state index >= 15 is 0 Å². The fourth-order valence-corrected chi connectivity index (χ4v) is 6.02. The third kappa shape index (κ3) is 4.28. The molecule has 0 N–H and O–H groups in total. The van der Waals surface area contributed by atoms with Crippen molar-refractivity contribution in [2.75, 3.05) is 13.1 Å². The number of piperidine rings is 1. The van der Waals surface area contributed by atoms with Crippen LogP contribution >= 0.6 is 11.3 Å². The Kier molecular flexibility index (Phi) is 6.21. The van der Waals surface area contributed by atoms with Gasteiger partial charge in [0.25, 0.3) is 0 Å². The molecule has 1 aliphatic heterocycles. The van der Waals surface area contributed by atoms with E-state index in [2.05, 4.69) is 4.98 Å². The molecule has 1 fully saturated rings. The maximum absolute atomic E-state index is 13.0. The monoisotopic (exact) mass is 447 g/mol. The molecular formula is C21H25N3O4S2. The lowest BCUT2D eigenvalue weighted by molar-refractivity contribution is -0.144. The van der Waals surface area contributed by atoms with Gasteiger partial charge < -0.3 is 9.30 Å². The molecule has 0 bridgehead atoms. The van der Waals surface area contributed by atoms with Crippen LogP contribution in [0.25, 0.3) is 11.0 Å². The number of rotatable bonds is 7. The van der Waals surface area contributed by atoms with Crippen LogP contribution in [0.2, 0.25) is 0 Å². The summed E-state index contributed by atoms with van der Waals surface area (Å²) in [6.45, 7) is 3.81. The molecular weight excluding hydrogens is 422 g/mol. The highest BCUT2D eigenvalue weighted by molar-refractivity contribution is 7.89. The van der Waals surface area contributed by atoms with Gasteiger partial charge in [-0.3, -0.25) is 4.79 Å². The molecule has 0 aliphatic carbocycles. The summed E-state index contributed by atoms with van der Waals surface area (Å²) in [5.41, 5.74) is 1.43. The number of benzene rings is 1. The minimum atomic E-state index is -3.52. The molecule has 160 valence electrons. The normalized spacial score (nSPS) is 15.5. The van der Waals surface area contributed by atoms with Crippen molar-refractivity contribution in [1.29, 1.82) is 0 Å². The Hall–Kier alpha value is -2.23. The van der Waals surface area contributed by atoms with Gasteiger partial charge in [-0.1, -0.05) is 12.5 Å². The van der Waals surface area contributed by atoms with Gasteiger partial charge >= 0.3 is 5.97 Å². The second kappa shape index (κ2) is 8.87. The quantitative estimate of drug-likeness (QED) is 0.517. The summed E-state index contributed by atoms with van der Waals surface area (Å²) in [6.07, 6.45) is 3.10. The minimum Gasteiger partial charge on any atom is -0.457 e. The van der Waals surface area contributed by atoms with E-state index in [1.807, 2.05) is 29.0 Å². The number of nitrogens with zero attached hydrogens (tertiary/aromatic N) is 3. The topological polar surface area (TPSA) is 81.5 Å². The molecule has 0 saturated carbocycles. The van der Waals surface area contributed by atoms with Crippen molar-refractivity contribution in [2.45, 2.75) is 50.7 Å². The molecule has 1 saturated heterocycles. The number of sulfonamides is 1. The van der Waals surface area contributed by atoms with Crippen LogP contribution in [0.3, 0.4) is 0 Å². The van der Waals surface area contributed by atoms with Gasteiger partial charge in [-0.25, -0.2) is 13.4 Å². The standard InChI is InChI=1S/C21H25N3O4S2/c1-2-24-19-9-8-17(30(26,27)23-10-4-3-5-11-23)14-18(19)22-20(24)15-28-21(25)13-16-7-6-12-29-16/h6-9,12,14H,2-5,10-11,13,15H2,1H3. The van der Waals surface area contributed by atoms with E-state index in [4.69, 9.17) is 4.74 Å². The molecule has 0 unspecified atom stereocenters. The van der Waals surface area contributed by atoms with Crippen molar-refractivity contribution in [1.82, 2.24) is 13.9 Å². The predicted octanol–water partition coefficient (Wildman–Crippen LogP) is 3.58. The van der Waals surface area contributed by atoms with Crippen LogP contribution in [0.5, 0.6) is 0 Å². The number of fused-ring (bicyclic) bond motifs is 1. The second-order valence-electron chi connectivity index (χ2n) is 7.30. The highest BCUT2D eigenvalue weighted by atomic mass is 32.2. The number of aryl methyl sites for hydroxylation is 1. The first-order chi connectivity index (χ1) is 14.5. The molecule has 7 nitrogen and oxygen atoms in total. The van der Waals surface area contributed by atoms with Gasteiger partial charge in [0.2, 0.25) is 10.0 Å². The first-order valence-electron chi connectivity index (χ1n) is 10.2. The number of carbonyl (C=O) groups excluding carboxylic acids is 1. The zero-order valence-corrected chi connectivity index (χ0v) is 18.5. The minimum absolute atomic E-state index is 0.0565. The number of hydrogen-bond donors (Lipinski definition) is 0. The van der Waals surface area contributed by atoms with Crippen molar-refractivity contribution in [2.24, 2.45) is 0 Å². The summed E-state index contributed by atoms with van der Waals surface area (Å²) in [6, 6.07) is 8.87. The summed E-state index contributed by atoms with van der Waals surface area (Å²) in [4.78, 5) is 17.9. The second-order valence-corrected chi connectivity index (χ2v) is 10.3. The molecule has 1 aromatic carbocycles. The highest BCUT2D eigenvalue weighted by Crippen LogP contribution is 2.25. The van der Waals surface area contributed by atoms with E-state index in [1.54, 1.807) is 22.5 Å². The molecule has 0 amide bonds. The van der Waals surface area contributed by atoms with Crippen molar-refractivity contribution >= 4 is 38.4 Å². The van der Waals surface area contributed by atoms with Gasteiger partial charge in [-0.05, 0) is 49.4 Å². The maximum Gasteiger partial charge on any atom is 0.311 e. The lowest BCUT2D eigenvalue weighted by Gasteiger charge is -2.25. The summed E-state index contributed by atoms with van der Waals surface area (Å²) in [5.74, 6) is 0.306. The molecule has 1 aliphatic rings. The number of imidazole rings is 1. The molecule has 2 aromatic heterocycles. The molecule has 3 aromatic rings. The molecule has 4 rings (SSSR count). The van der Waals surface area contributed by atoms with Crippen LogP contribution in [0, 0.1) is 0 Å². The summed E-state index contributed by atoms with van der Waals surface area (Å²) in [7, 11) is -3.52. The Labute approximate surface area is 180 Å². The van der Waals surface area contributed by atoms with Gasteiger partial charge in [0.1, 0.15) is 12.4 Å². The first kappa shape index (κ1) is 21.0. The van der Waals surface area contributed by atoms with Crippen LogP contribution in [0.4, 0.5) is 0 Å². The van der Waals surface area contributed by atoms with E-state index in [0.717, 1.165) is 29.7 Å². The molecule has 9 heteroatoms. The SMILES string of the molecule is CCn1c(COC(=O)Cc2cccs2)nc2cc(S(=O)(=O)N3CCCCC3)ccc21. The summed E-state index contributed by atoms with van der Waals surface area (Å²) in [5, 5.41) is 1.93. The maximum atomic E-state index is 13.0. The molecule has 30 heavy (non-hydrogen) atoms. The Morgan fingerprint density at radius 2 is 2.00 bits per heavy atom. The molecule has 0 radical (unpaired) electrons. The summed E-state index contributed by atoms with van der Waals surface area (Å²) >= 11 is 1.52. The first-order valence-corrected chi connectivity index (χ1v) is 12.5. The van der Waals surface area contributed by atoms with E-state index in [1.165, 1.54) is 11.3 Å².